The molecule has 1 atom stereocenters. The first-order chi connectivity index (χ1) is 12.1. The Bertz CT molecular complexity index is 668. The Morgan fingerprint density at radius 1 is 1.38 bits per heavy atom. The Morgan fingerprint density at radius 2 is 2.19 bits per heavy atom. The highest BCUT2D eigenvalue weighted by atomic mass is 35.5. The fourth-order valence-corrected chi connectivity index (χ4v) is 3.65. The number of carbonyl (C=O) groups is 2. The van der Waals surface area contributed by atoms with Gasteiger partial charge in [-0.3, -0.25) is 9.59 Å². The fraction of sp³-hybridized carbons (Fsp3) is 0.579. The number of hydrogen-bond donors (Lipinski definition) is 2. The average molecular weight is 384 g/mol. The third-order valence-corrected chi connectivity index (χ3v) is 5.07. The van der Waals surface area contributed by atoms with Crippen LogP contribution < -0.4 is 10.6 Å². The molecule has 7 heteroatoms. The summed E-state index contributed by atoms with van der Waals surface area (Å²) in [6.45, 7) is 4.53. The topological polar surface area (TPSA) is 61.4 Å². The zero-order valence-electron chi connectivity index (χ0n) is 15.1. The highest BCUT2D eigenvalue weighted by molar-refractivity contribution is 5.93. The Kier molecular flexibility index (Phi) is 7.41. The molecular formula is C19H27ClFN3O2. The lowest BCUT2D eigenvalue weighted by Gasteiger charge is -2.32. The molecule has 0 saturated carbocycles. The molecule has 0 aromatic heterocycles. The number of halogens is 2. The quantitative estimate of drug-likeness (QED) is 0.840. The van der Waals surface area contributed by atoms with Gasteiger partial charge in [0.05, 0.1) is 11.6 Å². The normalized spacial score (nSPS) is 19.3. The number of rotatable bonds is 4. The van der Waals surface area contributed by atoms with Crippen molar-refractivity contribution in [1.82, 2.24) is 10.2 Å². The zero-order valence-corrected chi connectivity index (χ0v) is 16.0. The van der Waals surface area contributed by atoms with E-state index in [4.69, 9.17) is 0 Å². The van der Waals surface area contributed by atoms with Crippen molar-refractivity contribution in [1.29, 1.82) is 0 Å². The Labute approximate surface area is 160 Å². The van der Waals surface area contributed by atoms with Crippen molar-refractivity contribution < 1.29 is 14.0 Å². The maximum atomic E-state index is 14.7. The van der Waals surface area contributed by atoms with E-state index >= 15 is 0 Å². The SMILES string of the molecule is CCCC(=O)N1CCCC(C(=O)Nc2ccc3c(c2F)CCNC3)C1.Cl. The van der Waals surface area contributed by atoms with Gasteiger partial charge in [-0.15, -0.1) is 12.4 Å². The van der Waals surface area contributed by atoms with Crippen molar-refractivity contribution in [3.63, 3.8) is 0 Å². The highest BCUT2D eigenvalue weighted by Crippen LogP contribution is 2.26. The number of carbonyl (C=O) groups excluding carboxylic acids is 2. The molecule has 0 spiro atoms. The highest BCUT2D eigenvalue weighted by Gasteiger charge is 2.29. The van der Waals surface area contributed by atoms with Gasteiger partial charge < -0.3 is 15.5 Å². The van der Waals surface area contributed by atoms with E-state index in [0.717, 1.165) is 31.4 Å². The molecule has 1 fully saturated rings. The van der Waals surface area contributed by atoms with Crippen LogP contribution in [0.2, 0.25) is 0 Å². The van der Waals surface area contributed by atoms with Crippen molar-refractivity contribution in [3.8, 4) is 0 Å². The van der Waals surface area contributed by atoms with Crippen LogP contribution in [0.3, 0.4) is 0 Å². The third kappa shape index (κ3) is 4.54. The molecule has 144 valence electrons. The molecule has 26 heavy (non-hydrogen) atoms. The number of likely N-dealkylation sites (tertiary alicyclic amines) is 1. The van der Waals surface area contributed by atoms with Crippen molar-refractivity contribution in [3.05, 3.63) is 29.1 Å². The van der Waals surface area contributed by atoms with Crippen LogP contribution in [0.5, 0.6) is 0 Å². The standard InChI is InChI=1S/C19H26FN3O2.ClH/c1-2-4-17(24)23-10-3-5-14(12-23)19(25)22-16-7-6-13-11-21-9-8-15(13)18(16)20;/h6-7,14,21H,2-5,8-12H2,1H3,(H,22,25);1H. The number of hydrogen-bond acceptors (Lipinski definition) is 3. The van der Waals surface area contributed by atoms with Crippen LogP contribution in [-0.2, 0) is 22.6 Å². The summed E-state index contributed by atoms with van der Waals surface area (Å²) in [7, 11) is 0. The third-order valence-electron chi connectivity index (χ3n) is 5.07. The van der Waals surface area contributed by atoms with Gasteiger partial charge in [0, 0.05) is 26.1 Å². The number of piperidine rings is 1. The number of nitrogens with zero attached hydrogens (tertiary/aromatic N) is 1. The van der Waals surface area contributed by atoms with Crippen LogP contribution in [0.1, 0.15) is 43.7 Å². The number of anilines is 1. The molecule has 2 amide bonds. The summed E-state index contributed by atoms with van der Waals surface area (Å²) in [5, 5.41) is 5.96. The summed E-state index contributed by atoms with van der Waals surface area (Å²) in [5.74, 6) is -0.678. The number of fused-ring (bicyclic) bond motifs is 1. The molecule has 1 unspecified atom stereocenters. The predicted octanol–water partition coefficient (Wildman–Crippen LogP) is 2.87. The number of amides is 2. The zero-order chi connectivity index (χ0) is 17.8. The van der Waals surface area contributed by atoms with Gasteiger partial charge in [-0.2, -0.15) is 0 Å². The molecule has 3 rings (SSSR count). The molecule has 1 aromatic carbocycles. The van der Waals surface area contributed by atoms with Gasteiger partial charge in [0.15, 0.2) is 0 Å². The maximum absolute atomic E-state index is 14.7. The van der Waals surface area contributed by atoms with Gasteiger partial charge in [0.25, 0.3) is 0 Å². The summed E-state index contributed by atoms with van der Waals surface area (Å²) < 4.78 is 14.7. The van der Waals surface area contributed by atoms with E-state index in [1.165, 1.54) is 0 Å². The van der Waals surface area contributed by atoms with Gasteiger partial charge in [0.2, 0.25) is 11.8 Å². The second-order valence-electron chi connectivity index (χ2n) is 6.91. The summed E-state index contributed by atoms with van der Waals surface area (Å²) in [6, 6.07) is 3.51. The first kappa shape index (κ1) is 20.6. The van der Waals surface area contributed by atoms with Crippen LogP contribution in [0, 0.1) is 11.7 Å². The molecule has 0 aliphatic carbocycles. The summed E-state index contributed by atoms with van der Waals surface area (Å²) in [4.78, 5) is 26.4. The second-order valence-corrected chi connectivity index (χ2v) is 6.91. The van der Waals surface area contributed by atoms with Gasteiger partial charge in [0.1, 0.15) is 5.82 Å². The molecule has 5 nitrogen and oxygen atoms in total. The molecule has 2 heterocycles. The second kappa shape index (κ2) is 9.33. The van der Waals surface area contributed by atoms with Gasteiger partial charge >= 0.3 is 0 Å². The first-order valence-corrected chi connectivity index (χ1v) is 9.19. The Balaban J connectivity index is 0.00000243. The lowest BCUT2D eigenvalue weighted by molar-refractivity contribution is -0.134. The Hall–Kier alpha value is -1.66. The largest absolute Gasteiger partial charge is 0.342 e. The van der Waals surface area contributed by atoms with Crippen molar-refractivity contribution in [2.45, 2.75) is 45.6 Å². The lowest BCUT2D eigenvalue weighted by Crippen LogP contribution is -2.43. The van der Waals surface area contributed by atoms with Gasteiger partial charge in [-0.1, -0.05) is 13.0 Å². The molecule has 2 N–H and O–H groups in total. The first-order valence-electron chi connectivity index (χ1n) is 9.19. The molecule has 0 bridgehead atoms. The van der Waals surface area contributed by atoms with Crippen LogP contribution in [0.25, 0.3) is 0 Å². The molecule has 1 aromatic rings. The molecule has 2 aliphatic rings. The van der Waals surface area contributed by atoms with Gasteiger partial charge in [-0.05, 0) is 49.4 Å². The average Bonchev–Trinajstić information content (AvgIpc) is 2.64. The molecular weight excluding hydrogens is 357 g/mol. The smallest absolute Gasteiger partial charge is 0.229 e. The lowest BCUT2D eigenvalue weighted by atomic mass is 9.96. The molecule has 2 aliphatic heterocycles. The van der Waals surface area contributed by atoms with E-state index < -0.39 is 0 Å². The summed E-state index contributed by atoms with van der Waals surface area (Å²) in [5.41, 5.74) is 1.90. The van der Waals surface area contributed by atoms with Crippen molar-refractivity contribution in [2.24, 2.45) is 5.92 Å². The van der Waals surface area contributed by atoms with E-state index in [1.54, 1.807) is 11.0 Å². The fourth-order valence-electron chi connectivity index (χ4n) is 3.65. The number of benzene rings is 1. The van der Waals surface area contributed by atoms with Crippen molar-refractivity contribution in [2.75, 3.05) is 25.0 Å². The van der Waals surface area contributed by atoms with Crippen LogP contribution >= 0.6 is 12.4 Å². The predicted molar refractivity (Wildman–Crippen MR) is 102 cm³/mol. The van der Waals surface area contributed by atoms with Crippen molar-refractivity contribution >= 4 is 29.9 Å². The van der Waals surface area contributed by atoms with Gasteiger partial charge in [-0.25, -0.2) is 4.39 Å². The van der Waals surface area contributed by atoms with Crippen LogP contribution in [0.4, 0.5) is 10.1 Å². The molecule has 0 radical (unpaired) electrons. The molecule has 1 saturated heterocycles. The number of nitrogens with one attached hydrogen (secondary N) is 2. The van der Waals surface area contributed by atoms with E-state index in [-0.39, 0.29) is 41.6 Å². The van der Waals surface area contributed by atoms with Crippen LogP contribution in [0.15, 0.2) is 12.1 Å². The summed E-state index contributed by atoms with van der Waals surface area (Å²) in [6.07, 6.45) is 3.50. The van der Waals surface area contributed by atoms with E-state index in [1.807, 2.05) is 13.0 Å². The minimum Gasteiger partial charge on any atom is -0.342 e. The van der Waals surface area contributed by atoms with Crippen LogP contribution in [-0.4, -0.2) is 36.3 Å². The minimum atomic E-state index is -0.318. The van der Waals surface area contributed by atoms with E-state index in [0.29, 0.717) is 38.0 Å². The monoisotopic (exact) mass is 383 g/mol. The minimum absolute atomic E-state index is 0. The summed E-state index contributed by atoms with van der Waals surface area (Å²) >= 11 is 0. The van der Waals surface area contributed by atoms with E-state index in [9.17, 15) is 14.0 Å². The Morgan fingerprint density at radius 3 is 2.96 bits per heavy atom. The maximum Gasteiger partial charge on any atom is 0.229 e. The van der Waals surface area contributed by atoms with E-state index in [2.05, 4.69) is 10.6 Å².